The Hall–Kier alpha value is -3.22. The number of piperidine rings is 1. The van der Waals surface area contributed by atoms with Crippen LogP contribution in [0.3, 0.4) is 0 Å². The van der Waals surface area contributed by atoms with Crippen molar-refractivity contribution in [1.29, 1.82) is 0 Å². The molecule has 2 fully saturated rings. The molecule has 1 saturated carbocycles. The Balaban J connectivity index is 1.14. The van der Waals surface area contributed by atoms with Crippen LogP contribution >= 0.6 is 0 Å². The average molecular weight is 404 g/mol. The number of furan rings is 1. The maximum Gasteiger partial charge on any atom is 0.287 e. The maximum absolute atomic E-state index is 12.8. The number of carbonyl (C=O) groups is 2. The molecule has 2 aliphatic rings. The Morgan fingerprint density at radius 1 is 1.20 bits per heavy atom. The zero-order valence-corrected chi connectivity index (χ0v) is 16.9. The van der Waals surface area contributed by atoms with Crippen LogP contribution in [0, 0.1) is 18.3 Å². The average Bonchev–Trinajstić information content (AvgIpc) is 3.24. The molecule has 0 radical (unpaired) electrons. The summed E-state index contributed by atoms with van der Waals surface area (Å²) in [5.41, 5.74) is 2.53. The Morgan fingerprint density at radius 2 is 1.97 bits per heavy atom. The van der Waals surface area contributed by atoms with Gasteiger partial charge in [0.25, 0.3) is 11.8 Å². The van der Waals surface area contributed by atoms with Gasteiger partial charge in [0.2, 0.25) is 0 Å². The highest BCUT2D eigenvalue weighted by Gasteiger charge is 2.54. The van der Waals surface area contributed by atoms with Crippen molar-refractivity contribution >= 4 is 22.8 Å². The fourth-order valence-corrected chi connectivity index (χ4v) is 4.67. The molecule has 0 bridgehead atoms. The first kappa shape index (κ1) is 18.8. The van der Waals surface area contributed by atoms with Crippen molar-refractivity contribution in [3.63, 3.8) is 0 Å². The van der Waals surface area contributed by atoms with Gasteiger partial charge in [-0.05, 0) is 61.3 Å². The first-order valence-electron chi connectivity index (χ1n) is 10.4. The lowest BCUT2D eigenvalue weighted by molar-refractivity contribution is 0.0668. The second kappa shape index (κ2) is 7.23. The molecule has 4 heterocycles. The van der Waals surface area contributed by atoms with Crippen molar-refractivity contribution in [1.82, 2.24) is 20.2 Å². The van der Waals surface area contributed by atoms with Crippen LogP contribution in [0.15, 0.2) is 47.4 Å². The zero-order valence-electron chi connectivity index (χ0n) is 16.9. The monoisotopic (exact) mass is 404 g/mol. The molecule has 1 aliphatic carbocycles. The lowest BCUT2D eigenvalue weighted by Gasteiger charge is -2.33. The number of hydrogen-bond donors (Lipinski definition) is 1. The normalized spacial score (nSPS) is 19.8. The molecule has 2 amide bonds. The highest BCUT2D eigenvalue weighted by atomic mass is 16.3. The quantitative estimate of drug-likeness (QED) is 0.721. The predicted molar refractivity (Wildman–Crippen MR) is 111 cm³/mol. The third-order valence-corrected chi connectivity index (χ3v) is 6.71. The number of likely N-dealkylation sites (tertiary alicyclic amines) is 1. The second-order valence-corrected chi connectivity index (χ2v) is 8.48. The van der Waals surface area contributed by atoms with Crippen LogP contribution in [0.1, 0.15) is 45.7 Å². The van der Waals surface area contributed by atoms with Gasteiger partial charge in [-0.1, -0.05) is 0 Å². The number of hydrogen-bond acceptors (Lipinski definition) is 5. The first-order valence-corrected chi connectivity index (χ1v) is 10.4. The van der Waals surface area contributed by atoms with Gasteiger partial charge in [-0.25, -0.2) is 0 Å². The molecule has 5 rings (SSSR count). The molecule has 1 saturated heterocycles. The van der Waals surface area contributed by atoms with E-state index in [0.29, 0.717) is 23.8 Å². The van der Waals surface area contributed by atoms with E-state index in [2.05, 4.69) is 15.3 Å². The summed E-state index contributed by atoms with van der Waals surface area (Å²) in [5, 5.41) is 3.89. The van der Waals surface area contributed by atoms with Crippen LogP contribution in [0.5, 0.6) is 0 Å². The summed E-state index contributed by atoms with van der Waals surface area (Å²) < 4.78 is 5.59. The van der Waals surface area contributed by atoms with Gasteiger partial charge in [-0.3, -0.25) is 19.6 Å². The molecule has 3 aromatic heterocycles. The van der Waals surface area contributed by atoms with E-state index < -0.39 is 0 Å². The largest absolute Gasteiger partial charge is 0.449 e. The van der Waals surface area contributed by atoms with Gasteiger partial charge < -0.3 is 14.6 Å². The fourth-order valence-electron chi connectivity index (χ4n) is 4.67. The molecule has 1 unspecified atom stereocenters. The lowest BCUT2D eigenvalue weighted by Crippen LogP contribution is -2.40. The summed E-state index contributed by atoms with van der Waals surface area (Å²) in [4.78, 5) is 35.3. The smallest absolute Gasteiger partial charge is 0.287 e. The zero-order chi connectivity index (χ0) is 20.7. The van der Waals surface area contributed by atoms with Gasteiger partial charge in [0.05, 0.1) is 6.20 Å². The molecule has 7 nitrogen and oxygen atoms in total. The minimum atomic E-state index is -0.186. The van der Waals surface area contributed by atoms with Crippen molar-refractivity contribution < 1.29 is 14.0 Å². The number of aromatic nitrogens is 2. The maximum atomic E-state index is 12.8. The minimum absolute atomic E-state index is 0.0922. The van der Waals surface area contributed by atoms with Crippen molar-refractivity contribution in [3.05, 3.63) is 59.9 Å². The number of rotatable bonds is 4. The molecule has 3 aromatic rings. The van der Waals surface area contributed by atoms with Crippen LogP contribution < -0.4 is 5.32 Å². The Kier molecular flexibility index (Phi) is 4.53. The standard InChI is InChI=1S/C23H24N4O3/c1-15-12-24-7-3-18(15)22(29)27-8-4-23(5-9-27)11-17(23)13-26-21(28)19-10-16-2-6-25-14-20(16)30-19/h2-3,6-7,10,12,14,17H,4-5,8-9,11,13H2,1H3,(H,26,28). The van der Waals surface area contributed by atoms with E-state index in [-0.39, 0.29) is 17.2 Å². The van der Waals surface area contributed by atoms with E-state index in [1.54, 1.807) is 36.9 Å². The number of aryl methyl sites for hydroxylation is 1. The van der Waals surface area contributed by atoms with Gasteiger partial charge in [0.15, 0.2) is 11.3 Å². The molecule has 1 aliphatic heterocycles. The van der Waals surface area contributed by atoms with Gasteiger partial charge in [-0.15, -0.1) is 0 Å². The van der Waals surface area contributed by atoms with Gasteiger partial charge in [-0.2, -0.15) is 0 Å². The number of nitrogens with zero attached hydrogens (tertiary/aromatic N) is 3. The number of amides is 2. The van der Waals surface area contributed by atoms with Crippen molar-refractivity contribution in [2.45, 2.75) is 26.2 Å². The highest BCUT2D eigenvalue weighted by Crippen LogP contribution is 2.59. The van der Waals surface area contributed by atoms with Crippen LogP contribution in [0.2, 0.25) is 0 Å². The lowest BCUT2D eigenvalue weighted by atomic mass is 9.90. The van der Waals surface area contributed by atoms with Crippen LogP contribution in [0.4, 0.5) is 0 Å². The van der Waals surface area contributed by atoms with E-state index >= 15 is 0 Å². The Bertz CT molecular complexity index is 1080. The van der Waals surface area contributed by atoms with Crippen molar-refractivity contribution in [2.75, 3.05) is 19.6 Å². The Labute approximate surface area is 174 Å². The minimum Gasteiger partial charge on any atom is -0.449 e. The first-order chi connectivity index (χ1) is 14.6. The summed E-state index contributed by atoms with van der Waals surface area (Å²) in [5.74, 6) is 0.692. The predicted octanol–water partition coefficient (Wildman–Crippen LogP) is 3.20. The molecule has 7 heteroatoms. The van der Waals surface area contributed by atoms with E-state index in [9.17, 15) is 9.59 Å². The van der Waals surface area contributed by atoms with E-state index in [1.807, 2.05) is 17.9 Å². The van der Waals surface area contributed by atoms with Gasteiger partial charge >= 0.3 is 0 Å². The molecule has 1 atom stereocenters. The van der Waals surface area contributed by atoms with Crippen molar-refractivity contribution in [2.24, 2.45) is 11.3 Å². The topological polar surface area (TPSA) is 88.3 Å². The number of nitrogens with one attached hydrogen (secondary N) is 1. The van der Waals surface area contributed by atoms with Gasteiger partial charge in [0, 0.05) is 49.2 Å². The number of carbonyl (C=O) groups excluding carboxylic acids is 2. The van der Waals surface area contributed by atoms with Gasteiger partial charge in [0.1, 0.15) is 0 Å². The fraction of sp³-hybridized carbons (Fsp3) is 0.391. The molecular formula is C23H24N4O3. The summed E-state index contributed by atoms with van der Waals surface area (Å²) >= 11 is 0. The molecule has 0 aromatic carbocycles. The van der Waals surface area contributed by atoms with Crippen molar-refractivity contribution in [3.8, 4) is 0 Å². The van der Waals surface area contributed by atoms with Crippen LogP contribution in [-0.4, -0.2) is 46.3 Å². The number of fused-ring (bicyclic) bond motifs is 1. The third kappa shape index (κ3) is 3.34. The molecular weight excluding hydrogens is 380 g/mol. The number of pyridine rings is 2. The SMILES string of the molecule is Cc1cnccc1C(=O)N1CCC2(CC1)CC2CNC(=O)c1cc2ccncc2o1. The van der Waals surface area contributed by atoms with Crippen LogP contribution in [0.25, 0.3) is 11.0 Å². The van der Waals surface area contributed by atoms with Crippen LogP contribution in [-0.2, 0) is 0 Å². The molecule has 30 heavy (non-hydrogen) atoms. The second-order valence-electron chi connectivity index (χ2n) is 8.48. The summed E-state index contributed by atoms with van der Waals surface area (Å²) in [6.07, 6.45) is 9.78. The van der Waals surface area contributed by atoms with E-state index in [1.165, 1.54) is 0 Å². The molecule has 1 spiro atoms. The van der Waals surface area contributed by atoms with E-state index in [4.69, 9.17) is 4.42 Å². The van der Waals surface area contributed by atoms with E-state index in [0.717, 1.165) is 48.9 Å². The summed E-state index contributed by atoms with van der Waals surface area (Å²) in [7, 11) is 0. The molecule has 154 valence electrons. The Morgan fingerprint density at radius 3 is 2.73 bits per heavy atom. The third-order valence-electron chi connectivity index (χ3n) is 6.71. The summed E-state index contributed by atoms with van der Waals surface area (Å²) in [6, 6.07) is 5.37. The summed E-state index contributed by atoms with van der Waals surface area (Å²) in [6.45, 7) is 4.10. The highest BCUT2D eigenvalue weighted by molar-refractivity contribution is 5.96. The molecule has 1 N–H and O–H groups in total.